The van der Waals surface area contributed by atoms with Crippen molar-refractivity contribution < 1.29 is 9.90 Å². The number of carbonyl (C=O) groups is 1. The number of rotatable bonds is 2. The predicted molar refractivity (Wildman–Crippen MR) is 109 cm³/mol. The summed E-state index contributed by atoms with van der Waals surface area (Å²) in [5, 5.41) is 10.2. The van der Waals surface area contributed by atoms with E-state index in [1.165, 1.54) is 4.90 Å². The normalized spacial score (nSPS) is 21.6. The van der Waals surface area contributed by atoms with Crippen LogP contribution < -0.4 is 4.90 Å². The Labute approximate surface area is 165 Å². The smallest absolute Gasteiger partial charge is 0.407 e. The van der Waals surface area contributed by atoms with Crippen molar-refractivity contribution in [1.82, 2.24) is 19.9 Å². The number of pyridine rings is 1. The van der Waals surface area contributed by atoms with Crippen molar-refractivity contribution in [2.45, 2.75) is 39.7 Å². The maximum atomic E-state index is 11.3. The second kappa shape index (κ2) is 6.43. The van der Waals surface area contributed by atoms with Crippen molar-refractivity contribution in [2.24, 2.45) is 10.8 Å². The zero-order chi connectivity index (χ0) is 20.1. The van der Waals surface area contributed by atoms with Gasteiger partial charge in [0, 0.05) is 37.3 Å². The maximum absolute atomic E-state index is 11.3. The van der Waals surface area contributed by atoms with E-state index in [1.807, 2.05) is 6.07 Å². The Kier molecular flexibility index (Phi) is 4.28. The molecule has 2 aromatic heterocycles. The first kappa shape index (κ1) is 18.7. The zero-order valence-electron chi connectivity index (χ0n) is 16.7. The van der Waals surface area contributed by atoms with Crippen LogP contribution in [0.4, 0.5) is 10.6 Å². The van der Waals surface area contributed by atoms with Crippen molar-refractivity contribution in [3.8, 4) is 0 Å². The number of aromatic nitrogens is 3. The summed E-state index contributed by atoms with van der Waals surface area (Å²) in [4.78, 5) is 28.6. The quantitative estimate of drug-likeness (QED) is 0.855. The molecule has 28 heavy (non-hydrogen) atoms. The molecule has 7 heteroatoms. The Balaban J connectivity index is 1.71. The average molecular weight is 381 g/mol. The largest absolute Gasteiger partial charge is 0.465 e. The number of likely N-dealkylation sites (tertiary alicyclic amines) is 1. The molecule has 0 aromatic carbocycles. The second-order valence-electron chi connectivity index (χ2n) is 9.07. The van der Waals surface area contributed by atoms with Crippen molar-refractivity contribution in [3.63, 3.8) is 0 Å². The van der Waals surface area contributed by atoms with E-state index in [0.29, 0.717) is 18.7 Å². The minimum absolute atomic E-state index is 0.0321. The van der Waals surface area contributed by atoms with E-state index >= 15 is 0 Å². The molecule has 1 N–H and O–H groups in total. The van der Waals surface area contributed by atoms with Crippen molar-refractivity contribution >= 4 is 29.0 Å². The molecule has 4 heterocycles. The Morgan fingerprint density at radius 1 is 1.29 bits per heavy atom. The molecule has 4 rings (SSSR count). The molecular weight excluding hydrogens is 354 g/mol. The summed E-state index contributed by atoms with van der Waals surface area (Å²) >= 11 is 0. The summed E-state index contributed by atoms with van der Waals surface area (Å²) in [6.07, 6.45) is 6.09. The van der Waals surface area contributed by atoms with E-state index in [4.69, 9.17) is 0 Å². The number of fused-ring (bicyclic) bond motifs is 1. The number of hydrogen-bond acceptors (Lipinski definition) is 5. The summed E-state index contributed by atoms with van der Waals surface area (Å²) < 4.78 is 0. The van der Waals surface area contributed by atoms with Gasteiger partial charge in [-0.1, -0.05) is 33.4 Å². The molecule has 2 aliphatic rings. The lowest BCUT2D eigenvalue weighted by Crippen LogP contribution is -2.72. The summed E-state index contributed by atoms with van der Waals surface area (Å²) in [6, 6.07) is 2.32. The monoisotopic (exact) mass is 381 g/mol. The van der Waals surface area contributed by atoms with Gasteiger partial charge >= 0.3 is 6.09 Å². The number of hydrogen-bond donors (Lipinski definition) is 1. The maximum Gasteiger partial charge on any atom is 0.407 e. The zero-order valence-corrected chi connectivity index (χ0v) is 16.7. The summed E-state index contributed by atoms with van der Waals surface area (Å²) in [5.41, 5.74) is 1.78. The van der Waals surface area contributed by atoms with Crippen LogP contribution in [0.5, 0.6) is 0 Å². The predicted octanol–water partition coefficient (Wildman–Crippen LogP) is 3.66. The van der Waals surface area contributed by atoms with E-state index in [1.54, 1.807) is 18.6 Å². The van der Waals surface area contributed by atoms with E-state index in [9.17, 15) is 9.90 Å². The van der Waals surface area contributed by atoms with Gasteiger partial charge in [-0.05, 0) is 29.9 Å². The summed E-state index contributed by atoms with van der Waals surface area (Å²) in [5.74, 6) is 0.910. The SMILES string of the molecule is C=Cc1cnc2ncnc(N3CC4(CCN(C(=O)O)CC4)C3C(C)(C)C)c2c1. The van der Waals surface area contributed by atoms with Crippen molar-refractivity contribution in [3.05, 3.63) is 30.7 Å². The number of amides is 1. The van der Waals surface area contributed by atoms with Gasteiger partial charge in [0.25, 0.3) is 0 Å². The standard InChI is InChI=1S/C21H27N5O2/c1-5-14-10-15-16(22-11-14)23-13-24-17(15)26-12-21(18(26)20(2,3)4)6-8-25(9-7-21)19(27)28/h5,10-11,13,18H,1,6-9,12H2,2-4H3,(H,27,28). The third kappa shape index (κ3) is 2.89. The van der Waals surface area contributed by atoms with Gasteiger partial charge in [0.1, 0.15) is 12.1 Å². The lowest BCUT2D eigenvalue weighted by atomic mass is 9.57. The minimum atomic E-state index is -0.817. The lowest BCUT2D eigenvalue weighted by Gasteiger charge is -2.65. The van der Waals surface area contributed by atoms with E-state index < -0.39 is 6.09 Å². The molecule has 0 saturated carbocycles. The Bertz CT molecular complexity index is 928. The first-order chi connectivity index (χ1) is 13.2. The molecule has 0 bridgehead atoms. The number of nitrogens with zero attached hydrogens (tertiary/aromatic N) is 5. The molecule has 0 radical (unpaired) electrons. The molecule has 2 fully saturated rings. The van der Waals surface area contributed by atoms with Crippen molar-refractivity contribution in [1.29, 1.82) is 0 Å². The molecule has 0 aliphatic carbocycles. The third-order valence-corrected chi connectivity index (χ3v) is 6.22. The van der Waals surface area contributed by atoms with Crippen LogP contribution >= 0.6 is 0 Å². The Morgan fingerprint density at radius 2 is 2.00 bits per heavy atom. The fourth-order valence-corrected chi connectivity index (χ4v) is 5.18. The van der Waals surface area contributed by atoms with Crippen LogP contribution in [-0.2, 0) is 0 Å². The Hall–Kier alpha value is -2.70. The molecule has 2 saturated heterocycles. The van der Waals surface area contributed by atoms with Gasteiger partial charge in [-0.3, -0.25) is 0 Å². The molecule has 2 aliphatic heterocycles. The van der Waals surface area contributed by atoms with E-state index in [0.717, 1.165) is 36.2 Å². The van der Waals surface area contributed by atoms with E-state index in [-0.39, 0.29) is 16.9 Å². The van der Waals surface area contributed by atoms with Gasteiger partial charge in [0.05, 0.1) is 5.39 Å². The Morgan fingerprint density at radius 3 is 2.61 bits per heavy atom. The molecular formula is C21H27N5O2. The van der Waals surface area contributed by atoms with Crippen LogP contribution in [0.15, 0.2) is 25.2 Å². The third-order valence-electron chi connectivity index (χ3n) is 6.22. The first-order valence-corrected chi connectivity index (χ1v) is 9.73. The van der Waals surface area contributed by atoms with Crippen LogP contribution in [-0.4, -0.2) is 56.7 Å². The van der Waals surface area contributed by atoms with Gasteiger partial charge in [0.15, 0.2) is 5.65 Å². The highest BCUT2D eigenvalue weighted by atomic mass is 16.4. The second-order valence-corrected chi connectivity index (χ2v) is 9.07. The fourth-order valence-electron chi connectivity index (χ4n) is 5.18. The highest BCUT2D eigenvalue weighted by molar-refractivity contribution is 5.89. The number of piperidine rings is 1. The molecule has 7 nitrogen and oxygen atoms in total. The van der Waals surface area contributed by atoms with Crippen molar-refractivity contribution in [2.75, 3.05) is 24.5 Å². The average Bonchev–Trinajstić information content (AvgIpc) is 2.64. The number of carboxylic acid groups (broad SMARTS) is 1. The van der Waals surface area contributed by atoms with Crippen LogP contribution in [0.3, 0.4) is 0 Å². The minimum Gasteiger partial charge on any atom is -0.465 e. The molecule has 1 atom stereocenters. The topological polar surface area (TPSA) is 82.5 Å². The molecule has 1 amide bonds. The lowest BCUT2D eigenvalue weighted by molar-refractivity contribution is -0.0102. The van der Waals surface area contributed by atoms with Crippen LogP contribution in [0.1, 0.15) is 39.2 Å². The van der Waals surface area contributed by atoms with Gasteiger partial charge in [-0.15, -0.1) is 0 Å². The van der Waals surface area contributed by atoms with Gasteiger partial charge in [-0.2, -0.15) is 0 Å². The van der Waals surface area contributed by atoms with Gasteiger partial charge < -0.3 is 14.9 Å². The summed E-state index contributed by atoms with van der Waals surface area (Å²) in [7, 11) is 0. The molecule has 1 unspecified atom stereocenters. The highest BCUT2D eigenvalue weighted by Gasteiger charge is 2.58. The highest BCUT2D eigenvalue weighted by Crippen LogP contribution is 2.54. The summed E-state index contributed by atoms with van der Waals surface area (Å²) in [6.45, 7) is 12.7. The van der Waals surface area contributed by atoms with E-state index in [2.05, 4.69) is 47.2 Å². The molecule has 148 valence electrons. The van der Waals surface area contributed by atoms with Crippen LogP contribution in [0, 0.1) is 10.8 Å². The van der Waals surface area contributed by atoms with Gasteiger partial charge in [-0.25, -0.2) is 19.7 Å². The number of anilines is 1. The molecule has 2 aromatic rings. The first-order valence-electron chi connectivity index (χ1n) is 9.73. The van der Waals surface area contributed by atoms with Crippen LogP contribution in [0.2, 0.25) is 0 Å². The molecule has 1 spiro atoms. The fraction of sp³-hybridized carbons (Fsp3) is 0.524. The van der Waals surface area contributed by atoms with Gasteiger partial charge in [0.2, 0.25) is 0 Å². The van der Waals surface area contributed by atoms with Crippen LogP contribution in [0.25, 0.3) is 17.1 Å².